The zero-order chi connectivity index (χ0) is 32.4. The molecule has 0 aliphatic rings. The lowest BCUT2D eigenvalue weighted by Crippen LogP contribution is -2.54. The third-order valence-corrected chi connectivity index (χ3v) is 9.47. The molecule has 45 heavy (non-hydrogen) atoms. The van der Waals surface area contributed by atoms with Crippen LogP contribution in [-0.4, -0.2) is 50.9 Å². The number of nitrogens with zero attached hydrogens (tertiary/aromatic N) is 2. The first-order chi connectivity index (χ1) is 21.6. The molecule has 4 aromatic carbocycles. The molecule has 0 fully saturated rings. The second-order valence-corrected chi connectivity index (χ2v) is 12.9. The molecular weight excluding hydrogens is 586 g/mol. The van der Waals surface area contributed by atoms with Crippen LogP contribution in [0.5, 0.6) is 5.75 Å². The lowest BCUT2D eigenvalue weighted by Gasteiger charge is -2.34. The maximum absolute atomic E-state index is 14.5. The fourth-order valence-corrected chi connectivity index (χ4v) is 6.43. The van der Waals surface area contributed by atoms with Gasteiger partial charge in [0.2, 0.25) is 11.8 Å². The number of hydrogen-bond donors (Lipinski definition) is 1. The molecule has 2 atom stereocenters. The summed E-state index contributed by atoms with van der Waals surface area (Å²) in [6.45, 7) is 5.46. The number of ether oxygens (including phenoxy) is 1. The van der Waals surface area contributed by atoms with Gasteiger partial charge in [0.05, 0.1) is 17.7 Å². The molecule has 9 heteroatoms. The van der Waals surface area contributed by atoms with Crippen LogP contribution in [0.15, 0.2) is 114 Å². The summed E-state index contributed by atoms with van der Waals surface area (Å²) in [6.07, 6.45) is 0.977. The summed E-state index contributed by atoms with van der Waals surface area (Å²) in [5.74, 6) is -0.254. The Morgan fingerprint density at radius 3 is 2.07 bits per heavy atom. The van der Waals surface area contributed by atoms with Crippen molar-refractivity contribution in [3.05, 3.63) is 126 Å². The van der Waals surface area contributed by atoms with E-state index >= 15 is 0 Å². The number of aryl methyl sites for hydroxylation is 1. The highest BCUT2D eigenvalue weighted by Gasteiger charge is 2.35. The molecule has 4 rings (SSSR count). The molecule has 4 aromatic rings. The van der Waals surface area contributed by atoms with E-state index in [4.69, 9.17) is 4.74 Å². The van der Waals surface area contributed by atoms with Gasteiger partial charge < -0.3 is 15.0 Å². The molecule has 2 unspecified atom stereocenters. The Bertz CT molecular complexity index is 1660. The number of nitrogens with one attached hydrogen (secondary N) is 1. The summed E-state index contributed by atoms with van der Waals surface area (Å²) in [5, 5.41) is 3.06. The maximum atomic E-state index is 14.5. The normalized spacial score (nSPS) is 12.5. The Morgan fingerprint density at radius 1 is 0.844 bits per heavy atom. The van der Waals surface area contributed by atoms with E-state index in [1.807, 2.05) is 75.4 Å². The number of rotatable bonds is 14. The van der Waals surface area contributed by atoms with E-state index in [0.29, 0.717) is 11.4 Å². The highest BCUT2D eigenvalue weighted by molar-refractivity contribution is 7.92. The fourth-order valence-electron chi connectivity index (χ4n) is 5.00. The van der Waals surface area contributed by atoms with Crippen LogP contribution in [0.3, 0.4) is 0 Å². The van der Waals surface area contributed by atoms with Gasteiger partial charge in [-0.1, -0.05) is 85.3 Å². The predicted molar refractivity (Wildman–Crippen MR) is 178 cm³/mol. The van der Waals surface area contributed by atoms with E-state index in [2.05, 4.69) is 5.32 Å². The number of sulfonamides is 1. The van der Waals surface area contributed by atoms with Crippen molar-refractivity contribution in [2.45, 2.75) is 57.1 Å². The second kappa shape index (κ2) is 15.4. The molecule has 8 nitrogen and oxygen atoms in total. The van der Waals surface area contributed by atoms with E-state index in [9.17, 15) is 18.0 Å². The van der Waals surface area contributed by atoms with E-state index < -0.39 is 28.5 Å². The topological polar surface area (TPSA) is 96.0 Å². The van der Waals surface area contributed by atoms with E-state index in [-0.39, 0.29) is 29.8 Å². The number of anilines is 1. The third-order valence-electron chi connectivity index (χ3n) is 7.68. The van der Waals surface area contributed by atoms with Crippen molar-refractivity contribution in [3.8, 4) is 5.75 Å². The average molecular weight is 628 g/mol. The Labute approximate surface area is 266 Å². The van der Waals surface area contributed by atoms with Crippen molar-refractivity contribution in [2.75, 3.05) is 18.0 Å². The van der Waals surface area contributed by atoms with Gasteiger partial charge in [0, 0.05) is 19.0 Å². The van der Waals surface area contributed by atoms with Crippen molar-refractivity contribution in [1.29, 1.82) is 0 Å². The fraction of sp³-hybridized carbons (Fsp3) is 0.278. The Balaban J connectivity index is 1.80. The van der Waals surface area contributed by atoms with Gasteiger partial charge in [-0.15, -0.1) is 0 Å². The number of amides is 2. The van der Waals surface area contributed by atoms with Crippen molar-refractivity contribution in [2.24, 2.45) is 0 Å². The summed E-state index contributed by atoms with van der Waals surface area (Å²) in [4.78, 5) is 30.0. The summed E-state index contributed by atoms with van der Waals surface area (Å²) in [5.41, 5.74) is 3.02. The van der Waals surface area contributed by atoms with Crippen LogP contribution in [0.25, 0.3) is 0 Å². The average Bonchev–Trinajstić information content (AvgIpc) is 3.06. The van der Waals surface area contributed by atoms with Gasteiger partial charge in [-0.05, 0) is 67.8 Å². The summed E-state index contributed by atoms with van der Waals surface area (Å²) >= 11 is 0. The SMILES string of the molecule is CCC(C)NC(=O)C(Cc1ccccc1)N(Cc1cccc(C)c1)C(=O)CN(c1ccc(OC)cc1)S(=O)(=O)c1ccccc1. The standard InChI is InChI=1S/C36H41N3O5S/c1-5-28(3)37-36(41)34(24-29-14-8-6-9-15-29)38(25-30-16-12-13-27(2)23-30)35(40)26-39(31-19-21-32(44-4)22-20-31)45(42,43)33-17-10-7-11-18-33/h6-23,28,34H,5,24-26H2,1-4H3,(H,37,41). The monoisotopic (exact) mass is 627 g/mol. The minimum atomic E-state index is -4.17. The van der Waals surface area contributed by atoms with Crippen molar-refractivity contribution in [1.82, 2.24) is 10.2 Å². The first kappa shape index (κ1) is 33.3. The maximum Gasteiger partial charge on any atom is 0.264 e. The number of benzene rings is 4. The molecular formula is C36H41N3O5S. The van der Waals surface area contributed by atoms with Crippen LogP contribution in [0, 0.1) is 6.92 Å². The second-order valence-electron chi connectivity index (χ2n) is 11.1. The van der Waals surface area contributed by atoms with E-state index in [0.717, 1.165) is 27.4 Å². The summed E-state index contributed by atoms with van der Waals surface area (Å²) < 4.78 is 34.5. The zero-order valence-electron chi connectivity index (χ0n) is 26.2. The molecule has 0 heterocycles. The Morgan fingerprint density at radius 2 is 1.47 bits per heavy atom. The molecule has 0 aliphatic heterocycles. The van der Waals surface area contributed by atoms with Crippen LogP contribution in [0.2, 0.25) is 0 Å². The first-order valence-corrected chi connectivity index (χ1v) is 16.5. The number of carbonyl (C=O) groups is 2. The van der Waals surface area contributed by atoms with Crippen molar-refractivity contribution in [3.63, 3.8) is 0 Å². The molecule has 2 amide bonds. The van der Waals surface area contributed by atoms with Crippen molar-refractivity contribution < 1.29 is 22.7 Å². The number of methoxy groups -OCH3 is 1. The Kier molecular flexibility index (Phi) is 11.4. The van der Waals surface area contributed by atoms with Gasteiger partial charge in [0.25, 0.3) is 10.0 Å². The zero-order valence-corrected chi connectivity index (χ0v) is 27.0. The molecule has 0 radical (unpaired) electrons. The predicted octanol–water partition coefficient (Wildman–Crippen LogP) is 5.75. The number of carbonyl (C=O) groups excluding carboxylic acids is 2. The molecule has 0 saturated heterocycles. The molecule has 0 aliphatic carbocycles. The van der Waals surface area contributed by atoms with Gasteiger partial charge in [0.1, 0.15) is 18.3 Å². The lowest BCUT2D eigenvalue weighted by molar-refractivity contribution is -0.140. The van der Waals surface area contributed by atoms with Crippen LogP contribution in [0.4, 0.5) is 5.69 Å². The lowest BCUT2D eigenvalue weighted by atomic mass is 10.0. The molecule has 0 saturated carbocycles. The summed E-state index contributed by atoms with van der Waals surface area (Å²) in [6, 6.07) is 30.8. The van der Waals surface area contributed by atoms with Crippen LogP contribution in [-0.2, 0) is 32.6 Å². The minimum absolute atomic E-state index is 0.0502. The van der Waals surface area contributed by atoms with Crippen molar-refractivity contribution >= 4 is 27.5 Å². The molecule has 0 aromatic heterocycles. The highest BCUT2D eigenvalue weighted by Crippen LogP contribution is 2.27. The van der Waals surface area contributed by atoms with Gasteiger partial charge in [-0.3, -0.25) is 13.9 Å². The molecule has 0 spiro atoms. The largest absolute Gasteiger partial charge is 0.497 e. The van der Waals surface area contributed by atoms with Gasteiger partial charge in [0.15, 0.2) is 0 Å². The molecule has 0 bridgehead atoms. The highest BCUT2D eigenvalue weighted by atomic mass is 32.2. The molecule has 1 N–H and O–H groups in total. The Hall–Kier alpha value is -4.63. The van der Waals surface area contributed by atoms with E-state index in [1.54, 1.807) is 42.5 Å². The van der Waals surface area contributed by atoms with Crippen LogP contribution < -0.4 is 14.4 Å². The quantitative estimate of drug-likeness (QED) is 0.192. The van der Waals surface area contributed by atoms with Crippen LogP contribution >= 0.6 is 0 Å². The van der Waals surface area contributed by atoms with Gasteiger partial charge in [-0.2, -0.15) is 0 Å². The van der Waals surface area contributed by atoms with Gasteiger partial charge in [-0.25, -0.2) is 8.42 Å². The minimum Gasteiger partial charge on any atom is -0.497 e. The van der Waals surface area contributed by atoms with Crippen LogP contribution in [0.1, 0.15) is 37.0 Å². The van der Waals surface area contributed by atoms with E-state index in [1.165, 1.54) is 24.1 Å². The number of hydrogen-bond acceptors (Lipinski definition) is 5. The summed E-state index contributed by atoms with van der Waals surface area (Å²) in [7, 11) is -2.64. The third kappa shape index (κ3) is 8.73. The van der Waals surface area contributed by atoms with Gasteiger partial charge >= 0.3 is 0 Å². The molecule has 236 valence electrons. The smallest absolute Gasteiger partial charge is 0.264 e. The first-order valence-electron chi connectivity index (χ1n) is 15.0.